The largest absolute Gasteiger partial charge is 0.315 e. The third-order valence-corrected chi connectivity index (χ3v) is 5.13. The second kappa shape index (κ2) is 5.10. The molecule has 0 aliphatic carbocycles. The van der Waals surface area contributed by atoms with Gasteiger partial charge < -0.3 is 5.32 Å². The summed E-state index contributed by atoms with van der Waals surface area (Å²) in [5.74, 6) is -4.88. The Morgan fingerprint density at radius 1 is 1.26 bits per heavy atom. The lowest BCUT2D eigenvalue weighted by molar-refractivity contribution is 0.380. The van der Waals surface area contributed by atoms with Crippen molar-refractivity contribution in [1.82, 2.24) is 9.62 Å². The molecule has 0 saturated carbocycles. The zero-order valence-corrected chi connectivity index (χ0v) is 11.0. The van der Waals surface area contributed by atoms with Gasteiger partial charge in [-0.05, 0) is 25.1 Å². The molecule has 1 unspecified atom stereocenters. The van der Waals surface area contributed by atoms with Gasteiger partial charge in [0.1, 0.15) is 4.90 Å². The fraction of sp³-hybridized carbons (Fsp3) is 0.455. The van der Waals surface area contributed by atoms with E-state index in [0.29, 0.717) is 25.6 Å². The molecule has 0 amide bonds. The molecule has 0 spiro atoms. The zero-order valence-electron chi connectivity index (χ0n) is 10.2. The van der Waals surface area contributed by atoms with Crippen molar-refractivity contribution < 1.29 is 21.6 Å². The minimum absolute atomic E-state index is 0.322. The van der Waals surface area contributed by atoms with Gasteiger partial charge in [0.25, 0.3) is 0 Å². The van der Waals surface area contributed by atoms with Crippen LogP contribution in [0.4, 0.5) is 13.2 Å². The van der Waals surface area contributed by atoms with Crippen molar-refractivity contribution in [2.24, 2.45) is 0 Å². The molecule has 1 aliphatic heterocycles. The Morgan fingerprint density at radius 2 is 1.95 bits per heavy atom. The third-order valence-electron chi connectivity index (χ3n) is 3.21. The molecule has 4 nitrogen and oxygen atoms in total. The molecule has 0 aromatic heterocycles. The van der Waals surface area contributed by atoms with Crippen LogP contribution in [0.2, 0.25) is 0 Å². The molecule has 1 fully saturated rings. The Morgan fingerprint density at radius 3 is 2.53 bits per heavy atom. The van der Waals surface area contributed by atoms with Crippen LogP contribution in [0.25, 0.3) is 0 Å². The molecule has 1 atom stereocenters. The highest BCUT2D eigenvalue weighted by atomic mass is 32.2. The van der Waals surface area contributed by atoms with Gasteiger partial charge in [0.05, 0.1) is 0 Å². The van der Waals surface area contributed by atoms with E-state index >= 15 is 0 Å². The summed E-state index contributed by atoms with van der Waals surface area (Å²) in [7, 11) is -2.88. The predicted molar refractivity (Wildman–Crippen MR) is 62.5 cm³/mol. The van der Waals surface area contributed by atoms with Crippen LogP contribution < -0.4 is 5.32 Å². The van der Waals surface area contributed by atoms with E-state index in [9.17, 15) is 21.6 Å². The average Bonchev–Trinajstić information content (AvgIpc) is 2.88. The first-order valence-corrected chi connectivity index (χ1v) is 7.12. The number of nitrogens with zero attached hydrogens (tertiary/aromatic N) is 1. The number of sulfonamides is 1. The van der Waals surface area contributed by atoms with E-state index in [0.717, 1.165) is 10.4 Å². The average molecular weight is 294 g/mol. The molecule has 8 heteroatoms. The maximum atomic E-state index is 13.6. The standard InChI is InChI=1S/C11H13F3N2O2S/c1-16(7-4-5-15-6-7)19(17,18)9-3-2-8(12)10(13)11(9)14/h2-3,7,15H,4-6H2,1H3. The van der Waals surface area contributed by atoms with Gasteiger partial charge in [-0.2, -0.15) is 4.31 Å². The summed E-state index contributed by atoms with van der Waals surface area (Å²) in [6, 6.07) is 1.02. The van der Waals surface area contributed by atoms with Crippen LogP contribution in [0.3, 0.4) is 0 Å². The fourth-order valence-corrected chi connectivity index (χ4v) is 3.45. The highest BCUT2D eigenvalue weighted by Gasteiger charge is 2.33. The molecule has 1 aliphatic rings. The van der Waals surface area contributed by atoms with Gasteiger partial charge in [-0.15, -0.1) is 0 Å². The lowest BCUT2D eigenvalue weighted by Gasteiger charge is -2.23. The van der Waals surface area contributed by atoms with Crippen molar-refractivity contribution in [2.45, 2.75) is 17.4 Å². The highest BCUT2D eigenvalue weighted by Crippen LogP contribution is 2.24. The molecule has 0 bridgehead atoms. The molecule has 1 heterocycles. The molecular formula is C11H13F3N2O2S. The van der Waals surface area contributed by atoms with Gasteiger partial charge in [-0.3, -0.25) is 0 Å². The maximum absolute atomic E-state index is 13.6. The highest BCUT2D eigenvalue weighted by molar-refractivity contribution is 7.89. The number of hydrogen-bond acceptors (Lipinski definition) is 3. The van der Waals surface area contributed by atoms with E-state index in [4.69, 9.17) is 0 Å². The minimum Gasteiger partial charge on any atom is -0.315 e. The first-order valence-electron chi connectivity index (χ1n) is 5.68. The van der Waals surface area contributed by atoms with Crippen LogP contribution in [0, 0.1) is 17.5 Å². The van der Waals surface area contributed by atoms with E-state index in [1.165, 1.54) is 7.05 Å². The van der Waals surface area contributed by atoms with Crippen LogP contribution in [-0.4, -0.2) is 38.9 Å². The number of nitrogens with one attached hydrogen (secondary N) is 1. The first kappa shape index (κ1) is 14.3. The summed E-state index contributed by atoms with van der Waals surface area (Å²) in [5.41, 5.74) is 0. The minimum atomic E-state index is -4.18. The Hall–Kier alpha value is -1.12. The Labute approximate surface area is 109 Å². The molecular weight excluding hydrogens is 281 g/mol. The molecule has 1 aromatic rings. The Bertz CT molecular complexity index is 586. The summed E-state index contributed by atoms with van der Waals surface area (Å²) in [6.45, 7) is 1.10. The van der Waals surface area contributed by atoms with Crippen LogP contribution in [0.1, 0.15) is 6.42 Å². The number of likely N-dealkylation sites (N-methyl/N-ethyl adjacent to an activating group) is 1. The predicted octanol–water partition coefficient (Wildman–Crippen LogP) is 1.09. The van der Waals surface area contributed by atoms with Crippen LogP contribution in [-0.2, 0) is 10.0 Å². The summed E-state index contributed by atoms with van der Waals surface area (Å²) in [5, 5.41) is 2.98. The third kappa shape index (κ3) is 2.47. The SMILES string of the molecule is CN(C1CCNC1)S(=O)(=O)c1ccc(F)c(F)c1F. The molecule has 2 rings (SSSR count). The zero-order chi connectivity index (χ0) is 14.2. The monoisotopic (exact) mass is 294 g/mol. The van der Waals surface area contributed by atoms with Crippen LogP contribution in [0.15, 0.2) is 17.0 Å². The van der Waals surface area contributed by atoms with Crippen molar-refractivity contribution in [2.75, 3.05) is 20.1 Å². The summed E-state index contributed by atoms with van der Waals surface area (Å²) in [6.07, 6.45) is 0.584. The normalized spacial score (nSPS) is 20.2. The molecule has 1 saturated heterocycles. The van der Waals surface area contributed by atoms with E-state index in [1.54, 1.807) is 0 Å². The van der Waals surface area contributed by atoms with Gasteiger partial charge in [-0.1, -0.05) is 0 Å². The van der Waals surface area contributed by atoms with Crippen molar-refractivity contribution in [3.8, 4) is 0 Å². The molecule has 0 radical (unpaired) electrons. The molecule has 19 heavy (non-hydrogen) atoms. The topological polar surface area (TPSA) is 49.4 Å². The maximum Gasteiger partial charge on any atom is 0.246 e. The fourth-order valence-electron chi connectivity index (χ4n) is 2.01. The lowest BCUT2D eigenvalue weighted by Crippen LogP contribution is -2.38. The number of benzene rings is 1. The number of rotatable bonds is 3. The van der Waals surface area contributed by atoms with Crippen molar-refractivity contribution >= 4 is 10.0 Å². The summed E-state index contributed by atoms with van der Waals surface area (Å²) < 4.78 is 64.8. The van der Waals surface area contributed by atoms with Crippen molar-refractivity contribution in [3.63, 3.8) is 0 Å². The Balaban J connectivity index is 2.42. The summed E-state index contributed by atoms with van der Waals surface area (Å²) in [4.78, 5) is -0.846. The van der Waals surface area contributed by atoms with Gasteiger partial charge in [0.2, 0.25) is 10.0 Å². The van der Waals surface area contributed by atoms with Gasteiger partial charge in [0.15, 0.2) is 17.5 Å². The summed E-state index contributed by atoms with van der Waals surface area (Å²) >= 11 is 0. The number of hydrogen-bond donors (Lipinski definition) is 1. The molecule has 106 valence electrons. The van der Waals surface area contributed by atoms with E-state index in [-0.39, 0.29) is 6.04 Å². The van der Waals surface area contributed by atoms with E-state index < -0.39 is 32.4 Å². The van der Waals surface area contributed by atoms with E-state index in [2.05, 4.69) is 5.32 Å². The second-order valence-corrected chi connectivity index (χ2v) is 6.31. The molecule has 1 N–H and O–H groups in total. The van der Waals surface area contributed by atoms with Crippen molar-refractivity contribution in [3.05, 3.63) is 29.6 Å². The van der Waals surface area contributed by atoms with Crippen LogP contribution in [0.5, 0.6) is 0 Å². The second-order valence-electron chi connectivity index (χ2n) is 4.34. The van der Waals surface area contributed by atoms with Gasteiger partial charge >= 0.3 is 0 Å². The smallest absolute Gasteiger partial charge is 0.246 e. The van der Waals surface area contributed by atoms with Crippen molar-refractivity contribution in [1.29, 1.82) is 0 Å². The number of halogens is 3. The lowest BCUT2D eigenvalue weighted by atomic mass is 10.3. The first-order chi connectivity index (χ1) is 8.85. The van der Waals surface area contributed by atoms with Gasteiger partial charge in [0, 0.05) is 19.6 Å². The van der Waals surface area contributed by atoms with E-state index in [1.807, 2.05) is 0 Å². The molecule has 1 aromatic carbocycles. The quantitative estimate of drug-likeness (QED) is 0.849. The van der Waals surface area contributed by atoms with Crippen LogP contribution >= 0.6 is 0 Å². The Kier molecular flexibility index (Phi) is 3.84. The van der Waals surface area contributed by atoms with Gasteiger partial charge in [-0.25, -0.2) is 21.6 Å².